The Morgan fingerprint density at radius 1 is 1.09 bits per heavy atom. The van der Waals surface area contributed by atoms with Gasteiger partial charge in [-0.2, -0.15) is 0 Å². The van der Waals surface area contributed by atoms with E-state index in [1.165, 1.54) is 0 Å². The average molecular weight is 462 g/mol. The van der Waals surface area contributed by atoms with E-state index in [-0.39, 0.29) is 5.43 Å². The highest BCUT2D eigenvalue weighted by atomic mass is 16.5. The summed E-state index contributed by atoms with van der Waals surface area (Å²) in [6.07, 6.45) is 3.39. The summed E-state index contributed by atoms with van der Waals surface area (Å²) < 4.78 is 17.2. The van der Waals surface area contributed by atoms with Gasteiger partial charge in [-0.25, -0.2) is 4.79 Å². The van der Waals surface area contributed by atoms with Crippen LogP contribution in [0, 0.1) is 0 Å². The van der Waals surface area contributed by atoms with E-state index in [4.69, 9.17) is 13.9 Å². The molecule has 0 radical (unpaired) electrons. The van der Waals surface area contributed by atoms with Crippen LogP contribution in [0.15, 0.2) is 51.7 Å². The van der Waals surface area contributed by atoms with Gasteiger partial charge in [-0.05, 0) is 80.4 Å². The molecule has 0 fully saturated rings. The number of hydrogen-bond donors (Lipinski definition) is 0. The van der Waals surface area contributed by atoms with Crippen LogP contribution in [0.4, 0.5) is 0 Å². The van der Waals surface area contributed by atoms with Gasteiger partial charge in [0.25, 0.3) is 0 Å². The standard InChI is InChI=1S/C28H31NO5/c1-4-29(5-2)14-15-33-28(31)21-11-13-25-24(18-21)26(30)23-12-10-20(27(23)34-25)16-19-8-7-9-22(17-19)32-6-3/h7-9,11,13,16-18H,4-6,10,12,14-15H2,1-3H3. The summed E-state index contributed by atoms with van der Waals surface area (Å²) in [7, 11) is 0. The molecule has 1 aromatic heterocycles. The van der Waals surface area contributed by atoms with E-state index >= 15 is 0 Å². The first kappa shape index (κ1) is 23.8. The van der Waals surface area contributed by atoms with Gasteiger partial charge in [0.15, 0.2) is 5.43 Å². The van der Waals surface area contributed by atoms with Gasteiger partial charge in [0.2, 0.25) is 0 Å². The molecule has 0 spiro atoms. The molecule has 0 unspecified atom stereocenters. The minimum atomic E-state index is -0.427. The zero-order valence-electron chi connectivity index (χ0n) is 20.1. The van der Waals surface area contributed by atoms with Crippen LogP contribution in [0.2, 0.25) is 0 Å². The number of fused-ring (bicyclic) bond motifs is 2. The van der Waals surface area contributed by atoms with Gasteiger partial charge in [0.05, 0.1) is 17.6 Å². The summed E-state index contributed by atoms with van der Waals surface area (Å²) in [5.41, 5.74) is 3.40. The normalized spacial score (nSPS) is 14.1. The molecule has 3 aromatic rings. The molecule has 6 nitrogen and oxygen atoms in total. The van der Waals surface area contributed by atoms with Gasteiger partial charge in [-0.1, -0.05) is 26.0 Å². The third kappa shape index (κ3) is 5.07. The fourth-order valence-electron chi connectivity index (χ4n) is 4.31. The number of ether oxygens (including phenoxy) is 2. The Bertz CT molecular complexity index is 1270. The van der Waals surface area contributed by atoms with Crippen molar-refractivity contribution in [3.8, 4) is 5.75 Å². The van der Waals surface area contributed by atoms with E-state index in [1.807, 2.05) is 37.3 Å². The topological polar surface area (TPSA) is 69.0 Å². The Labute approximate surface area is 199 Å². The molecule has 1 aliphatic rings. The molecular weight excluding hydrogens is 430 g/mol. The van der Waals surface area contributed by atoms with E-state index in [0.717, 1.165) is 36.4 Å². The van der Waals surface area contributed by atoms with Gasteiger partial charge in [-0.15, -0.1) is 0 Å². The summed E-state index contributed by atoms with van der Waals surface area (Å²) in [6.45, 7) is 9.52. The van der Waals surface area contributed by atoms with Crippen molar-refractivity contribution in [2.24, 2.45) is 0 Å². The van der Waals surface area contributed by atoms with Crippen molar-refractivity contribution in [2.45, 2.75) is 33.6 Å². The van der Waals surface area contributed by atoms with Crippen LogP contribution in [0.5, 0.6) is 5.75 Å². The Kier molecular flexibility index (Phi) is 7.48. The van der Waals surface area contributed by atoms with Crippen LogP contribution in [-0.4, -0.2) is 43.7 Å². The molecule has 0 saturated carbocycles. The number of esters is 1. The lowest BCUT2D eigenvalue weighted by Gasteiger charge is -2.17. The monoisotopic (exact) mass is 461 g/mol. The summed E-state index contributed by atoms with van der Waals surface area (Å²) in [6, 6.07) is 12.8. The second kappa shape index (κ2) is 10.7. The number of nitrogens with zero attached hydrogens (tertiary/aromatic N) is 1. The molecule has 34 heavy (non-hydrogen) atoms. The second-order valence-corrected chi connectivity index (χ2v) is 8.29. The van der Waals surface area contributed by atoms with Crippen LogP contribution in [0.3, 0.4) is 0 Å². The first-order valence-corrected chi connectivity index (χ1v) is 12.0. The SMILES string of the molecule is CCOc1cccc(C=C2CCc3c2oc2ccc(C(=O)OCCN(CC)CC)cc2c3=O)c1. The number of carbonyl (C=O) groups excluding carboxylic acids is 1. The number of rotatable bonds is 9. The van der Waals surface area contributed by atoms with Crippen molar-refractivity contribution < 1.29 is 18.7 Å². The molecule has 0 amide bonds. The Balaban J connectivity index is 1.59. The smallest absolute Gasteiger partial charge is 0.338 e. The number of carbonyl (C=O) groups is 1. The van der Waals surface area contributed by atoms with Crippen LogP contribution in [0.1, 0.15) is 54.4 Å². The fraction of sp³-hybridized carbons (Fsp3) is 0.357. The first-order valence-electron chi connectivity index (χ1n) is 12.0. The maximum absolute atomic E-state index is 13.2. The van der Waals surface area contributed by atoms with Crippen LogP contribution in [0.25, 0.3) is 22.6 Å². The predicted molar refractivity (Wildman–Crippen MR) is 134 cm³/mol. The zero-order valence-corrected chi connectivity index (χ0v) is 20.1. The van der Waals surface area contributed by atoms with Crippen molar-refractivity contribution in [1.29, 1.82) is 0 Å². The highest BCUT2D eigenvalue weighted by molar-refractivity contribution is 5.95. The van der Waals surface area contributed by atoms with Gasteiger partial charge < -0.3 is 18.8 Å². The van der Waals surface area contributed by atoms with Crippen LogP contribution in [-0.2, 0) is 11.2 Å². The third-order valence-corrected chi connectivity index (χ3v) is 6.20. The zero-order chi connectivity index (χ0) is 24.1. The van der Waals surface area contributed by atoms with Crippen molar-refractivity contribution in [2.75, 3.05) is 32.8 Å². The average Bonchev–Trinajstić information content (AvgIpc) is 3.25. The van der Waals surface area contributed by atoms with Crippen LogP contribution < -0.4 is 10.2 Å². The van der Waals surface area contributed by atoms with E-state index in [9.17, 15) is 9.59 Å². The Hall–Kier alpha value is -3.38. The molecule has 6 heteroatoms. The lowest BCUT2D eigenvalue weighted by Crippen LogP contribution is -2.27. The van der Waals surface area contributed by atoms with Gasteiger partial charge in [0, 0.05) is 12.1 Å². The molecule has 178 valence electrons. The lowest BCUT2D eigenvalue weighted by molar-refractivity contribution is 0.0466. The van der Waals surface area contributed by atoms with Crippen molar-refractivity contribution in [3.63, 3.8) is 0 Å². The summed E-state index contributed by atoms with van der Waals surface area (Å²) in [5.74, 6) is 1.02. The Morgan fingerprint density at radius 3 is 2.68 bits per heavy atom. The first-order chi connectivity index (χ1) is 16.5. The number of benzene rings is 2. The van der Waals surface area contributed by atoms with E-state index in [1.54, 1.807) is 18.2 Å². The molecule has 0 bridgehead atoms. The van der Waals surface area contributed by atoms with E-state index in [0.29, 0.717) is 54.0 Å². The molecular formula is C28H31NO5. The minimum Gasteiger partial charge on any atom is -0.494 e. The molecule has 4 rings (SSSR count). The number of likely N-dealkylation sites (N-methyl/N-ethyl adjacent to an activating group) is 1. The van der Waals surface area contributed by atoms with Gasteiger partial charge in [0.1, 0.15) is 23.7 Å². The maximum Gasteiger partial charge on any atom is 0.338 e. The number of hydrogen-bond acceptors (Lipinski definition) is 6. The summed E-state index contributed by atoms with van der Waals surface area (Å²) in [4.78, 5) is 28.0. The molecule has 1 heterocycles. The number of allylic oxidation sites excluding steroid dienone is 1. The predicted octanol–water partition coefficient (Wildman–Crippen LogP) is 5.18. The molecule has 0 aliphatic heterocycles. The summed E-state index contributed by atoms with van der Waals surface area (Å²) >= 11 is 0. The van der Waals surface area contributed by atoms with Gasteiger partial charge >= 0.3 is 5.97 Å². The second-order valence-electron chi connectivity index (χ2n) is 8.29. The highest BCUT2D eigenvalue weighted by Crippen LogP contribution is 2.34. The summed E-state index contributed by atoms with van der Waals surface area (Å²) in [5, 5.41) is 0.413. The molecule has 2 aromatic carbocycles. The molecule has 0 N–H and O–H groups in total. The third-order valence-electron chi connectivity index (χ3n) is 6.20. The van der Waals surface area contributed by atoms with E-state index in [2.05, 4.69) is 18.7 Å². The van der Waals surface area contributed by atoms with Crippen molar-refractivity contribution in [1.82, 2.24) is 4.90 Å². The van der Waals surface area contributed by atoms with Gasteiger partial charge in [-0.3, -0.25) is 4.79 Å². The maximum atomic E-state index is 13.2. The minimum absolute atomic E-state index is 0.0829. The molecule has 0 atom stereocenters. The van der Waals surface area contributed by atoms with Crippen molar-refractivity contribution >= 4 is 28.6 Å². The molecule has 0 saturated heterocycles. The highest BCUT2D eigenvalue weighted by Gasteiger charge is 2.24. The lowest BCUT2D eigenvalue weighted by atomic mass is 10.1. The Morgan fingerprint density at radius 2 is 1.91 bits per heavy atom. The quantitative estimate of drug-likeness (QED) is 0.409. The van der Waals surface area contributed by atoms with Crippen molar-refractivity contribution in [3.05, 3.63) is 75.1 Å². The fourth-order valence-corrected chi connectivity index (χ4v) is 4.31. The molecule has 1 aliphatic carbocycles. The van der Waals surface area contributed by atoms with Crippen LogP contribution >= 0.6 is 0 Å². The van der Waals surface area contributed by atoms with E-state index < -0.39 is 5.97 Å². The largest absolute Gasteiger partial charge is 0.494 e.